The van der Waals surface area contributed by atoms with Gasteiger partial charge in [-0.2, -0.15) is 0 Å². The Balaban J connectivity index is 2.19. The second kappa shape index (κ2) is 5.29. The van der Waals surface area contributed by atoms with Crippen molar-refractivity contribution in [2.24, 2.45) is 5.92 Å². The first-order valence-corrected chi connectivity index (χ1v) is 6.71. The average Bonchev–Trinajstić information content (AvgIpc) is 2.28. The Morgan fingerprint density at radius 2 is 2.25 bits per heavy atom. The van der Waals surface area contributed by atoms with Gasteiger partial charge in [-0.25, -0.2) is 0 Å². The summed E-state index contributed by atoms with van der Waals surface area (Å²) in [6, 6.07) is 6.13. The third kappa shape index (κ3) is 2.64. The molecular weight excluding hydrogens is 241 g/mol. The second-order valence-electron chi connectivity index (χ2n) is 4.61. The summed E-state index contributed by atoms with van der Waals surface area (Å²) in [6.07, 6.45) is 2.59. The van der Waals surface area contributed by atoms with Gasteiger partial charge in [-0.3, -0.25) is 0 Å². The fourth-order valence-corrected chi connectivity index (χ4v) is 2.79. The molecule has 1 heterocycles. The first-order chi connectivity index (χ1) is 7.70. The van der Waals surface area contributed by atoms with Gasteiger partial charge in [0.15, 0.2) is 0 Å². The Morgan fingerprint density at radius 1 is 1.44 bits per heavy atom. The maximum atomic E-state index is 6.29. The Bertz CT molecular complexity index is 365. The molecule has 0 bridgehead atoms. The molecule has 2 rings (SSSR count). The van der Waals surface area contributed by atoms with Crippen LogP contribution in [0.4, 0.5) is 5.69 Å². The highest BCUT2D eigenvalue weighted by atomic mass is 35.5. The van der Waals surface area contributed by atoms with Crippen LogP contribution in [-0.2, 0) is 5.88 Å². The molecule has 0 aromatic heterocycles. The summed E-state index contributed by atoms with van der Waals surface area (Å²) in [4.78, 5) is 2.38. The number of halogens is 2. The van der Waals surface area contributed by atoms with E-state index in [1.165, 1.54) is 12.8 Å². The quantitative estimate of drug-likeness (QED) is 0.714. The summed E-state index contributed by atoms with van der Waals surface area (Å²) in [5, 5.41) is 0.826. The van der Waals surface area contributed by atoms with Gasteiger partial charge in [-0.1, -0.05) is 24.6 Å². The van der Waals surface area contributed by atoms with E-state index in [-0.39, 0.29) is 0 Å². The van der Waals surface area contributed by atoms with E-state index in [9.17, 15) is 0 Å². The molecule has 88 valence electrons. The van der Waals surface area contributed by atoms with Crippen molar-refractivity contribution in [1.29, 1.82) is 0 Å². The second-order valence-corrected chi connectivity index (χ2v) is 5.29. The smallest absolute Gasteiger partial charge is 0.0642 e. The Morgan fingerprint density at radius 3 is 2.88 bits per heavy atom. The highest BCUT2D eigenvalue weighted by molar-refractivity contribution is 6.33. The van der Waals surface area contributed by atoms with E-state index in [2.05, 4.69) is 24.0 Å². The van der Waals surface area contributed by atoms with Crippen LogP contribution in [-0.4, -0.2) is 13.1 Å². The van der Waals surface area contributed by atoms with Crippen molar-refractivity contribution in [3.8, 4) is 0 Å². The standard InChI is InChI=1S/C13H17Cl2N/c1-10-3-2-6-16(9-10)13-5-4-11(8-14)7-12(13)15/h4-5,7,10H,2-3,6,8-9H2,1H3. The molecule has 1 aliphatic heterocycles. The van der Waals surface area contributed by atoms with Crippen LogP contribution in [0.2, 0.25) is 5.02 Å². The molecule has 16 heavy (non-hydrogen) atoms. The van der Waals surface area contributed by atoms with Crippen LogP contribution in [0, 0.1) is 5.92 Å². The molecule has 1 unspecified atom stereocenters. The number of benzene rings is 1. The monoisotopic (exact) mass is 257 g/mol. The lowest BCUT2D eigenvalue weighted by atomic mass is 9.99. The zero-order chi connectivity index (χ0) is 11.5. The maximum Gasteiger partial charge on any atom is 0.0642 e. The fraction of sp³-hybridized carbons (Fsp3) is 0.538. The van der Waals surface area contributed by atoms with Crippen LogP contribution in [0.15, 0.2) is 18.2 Å². The molecule has 1 aliphatic rings. The molecule has 0 spiro atoms. The van der Waals surface area contributed by atoms with Crippen molar-refractivity contribution in [3.63, 3.8) is 0 Å². The Kier molecular flexibility index (Phi) is 3.99. The number of anilines is 1. The molecule has 1 aromatic carbocycles. The van der Waals surface area contributed by atoms with Crippen molar-refractivity contribution >= 4 is 28.9 Å². The number of nitrogens with zero attached hydrogens (tertiary/aromatic N) is 1. The molecule has 3 heteroatoms. The molecule has 1 aromatic rings. The van der Waals surface area contributed by atoms with Crippen LogP contribution >= 0.6 is 23.2 Å². The maximum absolute atomic E-state index is 6.29. The van der Waals surface area contributed by atoms with Crippen molar-refractivity contribution in [3.05, 3.63) is 28.8 Å². The van der Waals surface area contributed by atoms with E-state index in [1.807, 2.05) is 6.07 Å². The molecule has 0 aliphatic carbocycles. The number of piperidine rings is 1. The molecule has 1 saturated heterocycles. The summed E-state index contributed by atoms with van der Waals surface area (Å²) in [7, 11) is 0. The third-order valence-electron chi connectivity index (χ3n) is 3.16. The first kappa shape index (κ1) is 12.1. The van der Waals surface area contributed by atoms with Gasteiger partial charge in [0.2, 0.25) is 0 Å². The van der Waals surface area contributed by atoms with E-state index in [4.69, 9.17) is 23.2 Å². The molecule has 0 saturated carbocycles. The minimum absolute atomic E-state index is 0.524. The highest BCUT2D eigenvalue weighted by Crippen LogP contribution is 2.30. The van der Waals surface area contributed by atoms with Crippen LogP contribution in [0.5, 0.6) is 0 Å². The van der Waals surface area contributed by atoms with Gasteiger partial charge in [-0.15, -0.1) is 11.6 Å². The molecule has 1 nitrogen and oxygen atoms in total. The topological polar surface area (TPSA) is 3.24 Å². The lowest BCUT2D eigenvalue weighted by molar-refractivity contribution is 0.447. The normalized spacial score (nSPS) is 21.2. The molecule has 0 amide bonds. The van der Waals surface area contributed by atoms with Crippen molar-refractivity contribution in [2.45, 2.75) is 25.6 Å². The van der Waals surface area contributed by atoms with Crippen LogP contribution in [0.25, 0.3) is 0 Å². The van der Waals surface area contributed by atoms with E-state index in [0.717, 1.165) is 35.3 Å². The zero-order valence-electron chi connectivity index (χ0n) is 9.55. The third-order valence-corrected chi connectivity index (χ3v) is 3.78. The predicted octanol–water partition coefficient (Wildman–Crippen LogP) is 4.32. The van der Waals surface area contributed by atoms with Gasteiger partial charge in [0.05, 0.1) is 10.7 Å². The van der Waals surface area contributed by atoms with E-state index >= 15 is 0 Å². The minimum atomic E-state index is 0.524. The Hall–Kier alpha value is -0.400. The number of alkyl halides is 1. The van der Waals surface area contributed by atoms with Gasteiger partial charge in [0.25, 0.3) is 0 Å². The lowest BCUT2D eigenvalue weighted by Crippen LogP contribution is -2.34. The van der Waals surface area contributed by atoms with Crippen LogP contribution < -0.4 is 4.90 Å². The molecule has 1 atom stereocenters. The molecule has 0 N–H and O–H groups in total. The van der Waals surface area contributed by atoms with E-state index in [0.29, 0.717) is 5.88 Å². The minimum Gasteiger partial charge on any atom is -0.370 e. The summed E-state index contributed by atoms with van der Waals surface area (Å²) in [5.74, 6) is 1.29. The Labute approximate surface area is 107 Å². The number of hydrogen-bond donors (Lipinski definition) is 0. The van der Waals surface area contributed by atoms with Crippen molar-refractivity contribution in [1.82, 2.24) is 0 Å². The summed E-state index contributed by atoms with van der Waals surface area (Å²) < 4.78 is 0. The molecular formula is C13H17Cl2N. The van der Waals surface area contributed by atoms with E-state index in [1.54, 1.807) is 0 Å². The summed E-state index contributed by atoms with van der Waals surface area (Å²) in [6.45, 7) is 4.53. The van der Waals surface area contributed by atoms with Gasteiger partial charge in [-0.05, 0) is 36.5 Å². The van der Waals surface area contributed by atoms with Crippen molar-refractivity contribution in [2.75, 3.05) is 18.0 Å². The number of hydrogen-bond acceptors (Lipinski definition) is 1. The van der Waals surface area contributed by atoms with Crippen LogP contribution in [0.3, 0.4) is 0 Å². The predicted molar refractivity (Wildman–Crippen MR) is 71.6 cm³/mol. The lowest BCUT2D eigenvalue weighted by Gasteiger charge is -2.33. The van der Waals surface area contributed by atoms with Gasteiger partial charge < -0.3 is 4.90 Å². The van der Waals surface area contributed by atoms with Crippen LogP contribution in [0.1, 0.15) is 25.3 Å². The summed E-state index contributed by atoms with van der Waals surface area (Å²) >= 11 is 12.1. The van der Waals surface area contributed by atoms with Gasteiger partial charge >= 0.3 is 0 Å². The summed E-state index contributed by atoms with van der Waals surface area (Å²) in [5.41, 5.74) is 2.24. The highest BCUT2D eigenvalue weighted by Gasteiger charge is 2.18. The van der Waals surface area contributed by atoms with Crippen molar-refractivity contribution < 1.29 is 0 Å². The SMILES string of the molecule is CC1CCCN(c2ccc(CCl)cc2Cl)C1. The zero-order valence-corrected chi connectivity index (χ0v) is 11.1. The fourth-order valence-electron chi connectivity index (χ4n) is 2.30. The van der Waals surface area contributed by atoms with Gasteiger partial charge in [0, 0.05) is 19.0 Å². The average molecular weight is 258 g/mol. The van der Waals surface area contributed by atoms with E-state index < -0.39 is 0 Å². The molecule has 1 fully saturated rings. The largest absolute Gasteiger partial charge is 0.370 e. The molecule has 0 radical (unpaired) electrons. The van der Waals surface area contributed by atoms with Gasteiger partial charge in [0.1, 0.15) is 0 Å². The number of rotatable bonds is 2. The first-order valence-electron chi connectivity index (χ1n) is 5.80.